The van der Waals surface area contributed by atoms with Crippen molar-refractivity contribution < 1.29 is 9.53 Å². The number of rotatable bonds is 8. The molecule has 0 radical (unpaired) electrons. The second kappa shape index (κ2) is 17.5. The highest BCUT2D eigenvalue weighted by Crippen LogP contribution is 2.34. The Bertz CT molecular complexity index is 2870. The number of amides is 1. The highest BCUT2D eigenvalue weighted by Gasteiger charge is 2.30. The fraction of sp³-hybridized carbons (Fsp3) is 0.419. The van der Waals surface area contributed by atoms with Crippen LogP contribution in [0.15, 0.2) is 61.4 Å². The van der Waals surface area contributed by atoms with Gasteiger partial charge in [0.05, 0.1) is 47.6 Å². The van der Waals surface area contributed by atoms with Crippen molar-refractivity contribution in [3.05, 3.63) is 84.2 Å². The van der Waals surface area contributed by atoms with Crippen LogP contribution in [-0.4, -0.2) is 100 Å². The zero-order valence-electron chi connectivity index (χ0n) is 36.5. The molecule has 0 aliphatic carbocycles. The third kappa shape index (κ3) is 9.42. The Kier molecular flexibility index (Phi) is 11.7. The molecule has 2 fully saturated rings. The first kappa shape index (κ1) is 42.1. The smallest absolute Gasteiger partial charge is 0.410 e. The molecule has 0 bridgehead atoms. The maximum atomic E-state index is 12.8. The normalized spacial score (nSPS) is 16.9. The van der Waals surface area contributed by atoms with Gasteiger partial charge in [-0.3, -0.25) is 9.36 Å². The molecule has 2 atom stereocenters. The molecular formula is C43H52N16O2S2. The van der Waals surface area contributed by atoms with Crippen molar-refractivity contribution in [2.45, 2.75) is 77.7 Å². The largest absolute Gasteiger partial charge is 0.444 e. The first-order chi connectivity index (χ1) is 30.3. The lowest BCUT2D eigenvalue weighted by molar-refractivity contribution is 0.0197. The molecule has 0 saturated carbocycles. The second-order valence-electron chi connectivity index (χ2n) is 17.2. The number of hydrogen-bond acceptors (Lipinski definition) is 15. The van der Waals surface area contributed by atoms with Gasteiger partial charge in [-0.25, -0.2) is 14.8 Å². The van der Waals surface area contributed by atoms with E-state index in [2.05, 4.69) is 51.2 Å². The fourth-order valence-electron chi connectivity index (χ4n) is 8.00. The van der Waals surface area contributed by atoms with Gasteiger partial charge in [0.2, 0.25) is 0 Å². The topological polar surface area (TPSA) is 187 Å². The lowest BCUT2D eigenvalue weighted by Crippen LogP contribution is -2.42. The minimum Gasteiger partial charge on any atom is -0.444 e. The molecule has 8 aromatic rings. The minimum atomic E-state index is -0.526. The van der Waals surface area contributed by atoms with Crippen molar-refractivity contribution in [2.75, 3.05) is 36.8 Å². The van der Waals surface area contributed by atoms with Crippen LogP contribution in [0.5, 0.6) is 0 Å². The molecule has 2 unspecified atom stereocenters. The lowest BCUT2D eigenvalue weighted by atomic mass is 9.94. The lowest BCUT2D eigenvalue weighted by Gasteiger charge is -2.34. The van der Waals surface area contributed by atoms with E-state index in [0.29, 0.717) is 19.0 Å². The van der Waals surface area contributed by atoms with Gasteiger partial charge in [0.25, 0.3) is 0 Å². The van der Waals surface area contributed by atoms with E-state index in [1.54, 1.807) is 14.3 Å². The maximum absolute atomic E-state index is 12.8. The van der Waals surface area contributed by atoms with Crippen molar-refractivity contribution >= 4 is 62.1 Å². The summed E-state index contributed by atoms with van der Waals surface area (Å²) in [5.74, 6) is 2.20. The molecule has 20 heteroatoms. The number of aromatic nitrogens is 12. The molecule has 10 rings (SSSR count). The summed E-state index contributed by atoms with van der Waals surface area (Å²) >= 11 is 2.86. The Hall–Kier alpha value is -6.25. The first-order valence-electron chi connectivity index (χ1n) is 21.2. The summed E-state index contributed by atoms with van der Waals surface area (Å²) in [6.07, 6.45) is 15.2. The number of piperidine rings is 2. The van der Waals surface area contributed by atoms with E-state index >= 15 is 0 Å². The van der Waals surface area contributed by atoms with E-state index in [1.165, 1.54) is 29.5 Å². The summed E-state index contributed by atoms with van der Waals surface area (Å²) in [6.45, 7) is 12.9. The zero-order chi connectivity index (χ0) is 43.8. The number of likely N-dealkylation sites (tertiary alicyclic amines) is 1. The van der Waals surface area contributed by atoms with Crippen LogP contribution < -0.4 is 16.0 Å². The quantitative estimate of drug-likeness (QED) is 0.134. The molecule has 10 heterocycles. The molecular weight excluding hydrogens is 837 g/mol. The van der Waals surface area contributed by atoms with Crippen LogP contribution in [0, 0.1) is 13.8 Å². The van der Waals surface area contributed by atoms with Crippen molar-refractivity contribution in [2.24, 2.45) is 14.1 Å². The van der Waals surface area contributed by atoms with Gasteiger partial charge >= 0.3 is 6.09 Å². The Morgan fingerprint density at radius 3 is 1.75 bits per heavy atom. The molecule has 18 nitrogen and oxygen atoms in total. The third-order valence-corrected chi connectivity index (χ3v) is 12.6. The van der Waals surface area contributed by atoms with E-state index in [0.717, 1.165) is 110 Å². The number of ether oxygens (including phenoxy) is 1. The molecule has 8 aromatic heterocycles. The number of carbonyl (C=O) groups is 1. The number of carbonyl (C=O) groups excluding carboxylic acids is 1. The molecule has 328 valence electrons. The van der Waals surface area contributed by atoms with Gasteiger partial charge < -0.3 is 25.6 Å². The van der Waals surface area contributed by atoms with Gasteiger partial charge in [-0.2, -0.15) is 38.2 Å². The van der Waals surface area contributed by atoms with Crippen molar-refractivity contribution in [3.8, 4) is 22.3 Å². The van der Waals surface area contributed by atoms with Crippen LogP contribution in [0.1, 0.15) is 81.1 Å². The predicted octanol–water partition coefficient (Wildman–Crippen LogP) is 7.86. The molecule has 3 N–H and O–H groups in total. The molecule has 1 amide bonds. The number of fused-ring (bicyclic) bond motifs is 2. The second-order valence-corrected chi connectivity index (χ2v) is 18.9. The number of nitrogens with one attached hydrogen (secondary N) is 3. The number of nitrogens with zero attached hydrogens (tertiary/aromatic N) is 13. The van der Waals surface area contributed by atoms with Crippen molar-refractivity contribution in [3.63, 3.8) is 0 Å². The van der Waals surface area contributed by atoms with E-state index in [1.807, 2.05) is 113 Å². The summed E-state index contributed by atoms with van der Waals surface area (Å²) in [7, 11) is 3.81. The van der Waals surface area contributed by atoms with Gasteiger partial charge in [-0.15, -0.1) is 0 Å². The highest BCUT2D eigenvalue weighted by atomic mass is 32.1. The Balaban J connectivity index is 0.000000164. The predicted molar refractivity (Wildman–Crippen MR) is 245 cm³/mol. The van der Waals surface area contributed by atoms with Gasteiger partial charge in [0, 0.05) is 92.3 Å². The first-order valence-corrected chi connectivity index (χ1v) is 22.7. The zero-order valence-corrected chi connectivity index (χ0v) is 38.2. The third-order valence-electron chi connectivity index (χ3n) is 11.0. The summed E-state index contributed by atoms with van der Waals surface area (Å²) in [6, 6.07) is 8.21. The van der Waals surface area contributed by atoms with E-state index < -0.39 is 5.60 Å². The van der Waals surface area contributed by atoms with Gasteiger partial charge in [0.1, 0.15) is 27.2 Å². The van der Waals surface area contributed by atoms with Crippen molar-refractivity contribution in [1.29, 1.82) is 0 Å². The van der Waals surface area contributed by atoms with Crippen LogP contribution in [0.25, 0.3) is 33.5 Å². The molecule has 0 spiro atoms. The van der Waals surface area contributed by atoms with Crippen LogP contribution in [0.4, 0.5) is 26.4 Å². The number of hydrogen-bond donors (Lipinski definition) is 3. The van der Waals surface area contributed by atoms with Crippen LogP contribution in [0.3, 0.4) is 0 Å². The Morgan fingerprint density at radius 2 is 1.29 bits per heavy atom. The van der Waals surface area contributed by atoms with Gasteiger partial charge in [0.15, 0.2) is 11.3 Å². The average Bonchev–Trinajstić information content (AvgIpc) is 4.13. The molecule has 2 saturated heterocycles. The standard InChI is InChI=1S/C24H30N8O2S.C19H22N8S/c1-15-9-21(35-29-15)28-20-10-19(16-7-6-8-31(14-16)23(33)34-24(2,3)4)27-22-18(12-26-32(20)22)17-11-25-30(5)13-17;1-12-6-18(28-25-12)24-17-7-16(13-4-3-5-20-8-13)23-19-15(10-22-27(17)19)14-9-21-26(2)11-14/h9-13,16,28H,6-8,14H2,1-5H3;6-7,9-11,13,20,24H,3-5,8H2,1-2H3. The summed E-state index contributed by atoms with van der Waals surface area (Å²) < 4.78 is 21.6. The summed E-state index contributed by atoms with van der Waals surface area (Å²) in [5, 5.41) is 30.3. The van der Waals surface area contributed by atoms with Crippen LogP contribution in [-0.2, 0) is 18.8 Å². The van der Waals surface area contributed by atoms with Gasteiger partial charge in [-0.1, -0.05) is 0 Å². The monoisotopic (exact) mass is 888 g/mol. The summed E-state index contributed by atoms with van der Waals surface area (Å²) in [5.41, 5.74) is 8.90. The fourth-order valence-corrected chi connectivity index (χ4v) is 9.34. The average molecular weight is 889 g/mol. The Morgan fingerprint density at radius 1 is 0.746 bits per heavy atom. The highest BCUT2D eigenvalue weighted by molar-refractivity contribution is 7.10. The molecule has 63 heavy (non-hydrogen) atoms. The van der Waals surface area contributed by atoms with E-state index in [4.69, 9.17) is 14.7 Å². The molecule has 2 aliphatic heterocycles. The number of anilines is 4. The minimum absolute atomic E-state index is 0.0849. The van der Waals surface area contributed by atoms with Crippen molar-refractivity contribution in [1.82, 2.24) is 67.7 Å². The van der Waals surface area contributed by atoms with Crippen LogP contribution >= 0.6 is 23.1 Å². The number of aryl methyl sites for hydroxylation is 4. The summed E-state index contributed by atoms with van der Waals surface area (Å²) in [4.78, 5) is 24.6. The van der Waals surface area contributed by atoms with E-state index in [-0.39, 0.29) is 12.0 Å². The SMILES string of the molecule is Cc1cc(Nc2cc(C3CCCN(C(=O)OC(C)(C)C)C3)nc3c(-c4cnn(C)c4)cnn23)sn1.Cc1cc(Nc2cc(C3CCCNC3)nc3c(-c4cnn(C)c4)cnn23)sn1. The van der Waals surface area contributed by atoms with E-state index in [9.17, 15) is 4.79 Å². The Labute approximate surface area is 373 Å². The van der Waals surface area contributed by atoms with Gasteiger partial charge in [-0.05, 0) is 102 Å². The van der Waals surface area contributed by atoms with Crippen LogP contribution in [0.2, 0.25) is 0 Å². The molecule has 0 aromatic carbocycles. The maximum Gasteiger partial charge on any atom is 0.410 e. The molecule has 2 aliphatic rings.